The Morgan fingerprint density at radius 3 is 2.23 bits per heavy atom. The predicted molar refractivity (Wildman–Crippen MR) is 196 cm³/mol. The first-order valence-corrected chi connectivity index (χ1v) is 18.0. The number of nitrogens with zero attached hydrogens (tertiary/aromatic N) is 3. The van der Waals surface area contributed by atoms with E-state index in [4.69, 9.17) is 32.0 Å². The Kier molecular flexibility index (Phi) is 15.1. The number of halogens is 5. The van der Waals surface area contributed by atoms with Crippen molar-refractivity contribution >= 4 is 79.7 Å². The molecule has 1 aromatic heterocycles. The largest absolute Gasteiger partial charge is 0.481 e. The molecule has 6 N–H and O–H groups in total. The molecule has 19 heteroatoms. The summed E-state index contributed by atoms with van der Waals surface area (Å²) >= 11 is 10.0. The molecule has 0 aliphatic carbocycles. The number of carboxylic acids is 3. The molecule has 1 amide bonds. The van der Waals surface area contributed by atoms with Gasteiger partial charge in [-0.05, 0) is 55.3 Å². The molecule has 1 aliphatic rings. The number of thioether (sulfide) groups is 1. The summed E-state index contributed by atoms with van der Waals surface area (Å²) in [5.41, 5.74) is -3.20. The average Bonchev–Trinajstić information content (AvgIpc) is 3.30. The number of anilines is 1. The van der Waals surface area contributed by atoms with Crippen LogP contribution < -0.4 is 5.32 Å². The number of rotatable bonds is 16. The van der Waals surface area contributed by atoms with E-state index in [1.165, 1.54) is 0 Å². The number of likely N-dealkylation sites (N-methyl/N-ethyl adjacent to an activating group) is 1. The summed E-state index contributed by atoms with van der Waals surface area (Å²) in [7, 11) is 1.85. The van der Waals surface area contributed by atoms with Gasteiger partial charge >= 0.3 is 24.1 Å². The highest BCUT2D eigenvalue weighted by atomic mass is 79.9. The standard InChI is InChI=1S/C28H29BrClF3N4O2S.C6H8O7/c1-3-40-25(28(31,32)33)22-17-27(39,18-4-6-19(29)7-5-18)37(26(22)38)15-14-36(2)13-12-35-23-10-11-34-24-16-20(30)8-9-21(23)24;7-3(8)1-6(13,5(11)12)2-4(9)10/h4-11,16-17,25,39H,3,12-15H2,1-2H3,(H,34,35);13H,1-2H2,(H,7,8)(H,9,10)(H,11,12). The average molecular weight is 850 g/mol. The second-order valence-electron chi connectivity index (χ2n) is 11.9. The highest BCUT2D eigenvalue weighted by molar-refractivity contribution is 9.10. The summed E-state index contributed by atoms with van der Waals surface area (Å²) in [5.74, 6) is -5.67. The van der Waals surface area contributed by atoms with Gasteiger partial charge in [-0.3, -0.25) is 19.4 Å². The first-order chi connectivity index (χ1) is 24.7. The minimum Gasteiger partial charge on any atom is -0.481 e. The number of hydrogen-bond acceptors (Lipinski definition) is 10. The second-order valence-corrected chi connectivity index (χ2v) is 14.6. The van der Waals surface area contributed by atoms with E-state index < -0.39 is 65.0 Å². The lowest BCUT2D eigenvalue weighted by atomic mass is 9.96. The van der Waals surface area contributed by atoms with Gasteiger partial charge in [0, 0.05) is 64.1 Å². The quantitative estimate of drug-likeness (QED) is 0.112. The van der Waals surface area contributed by atoms with Crippen molar-refractivity contribution < 1.29 is 57.9 Å². The third-order valence-electron chi connectivity index (χ3n) is 7.95. The van der Waals surface area contributed by atoms with Gasteiger partial charge in [-0.15, -0.1) is 11.8 Å². The SMILES string of the molecule is CCSC(C1=CC(O)(c2ccc(Br)cc2)N(CCN(C)CCNc2ccnc3cc(Cl)ccc23)C1=O)C(F)(F)F.O=C(O)CC(O)(CC(=O)O)C(=O)O. The van der Waals surface area contributed by atoms with Gasteiger partial charge in [0.05, 0.1) is 18.4 Å². The Hall–Kier alpha value is -3.94. The van der Waals surface area contributed by atoms with Crippen molar-refractivity contribution in [1.82, 2.24) is 14.8 Å². The fourth-order valence-corrected chi connectivity index (χ4v) is 6.64. The monoisotopic (exact) mass is 848 g/mol. The predicted octanol–water partition coefficient (Wildman–Crippen LogP) is 5.04. The molecule has 2 heterocycles. The maximum absolute atomic E-state index is 13.9. The van der Waals surface area contributed by atoms with Crippen molar-refractivity contribution in [2.24, 2.45) is 0 Å². The zero-order valence-corrected chi connectivity index (χ0v) is 31.5. The molecule has 4 rings (SSSR count). The number of aliphatic hydroxyl groups is 2. The van der Waals surface area contributed by atoms with Gasteiger partial charge in [-0.1, -0.05) is 46.6 Å². The van der Waals surface area contributed by atoms with E-state index in [0.29, 0.717) is 42.0 Å². The number of benzene rings is 2. The van der Waals surface area contributed by atoms with Crippen LogP contribution >= 0.6 is 39.3 Å². The van der Waals surface area contributed by atoms with Crippen LogP contribution in [-0.2, 0) is 24.9 Å². The van der Waals surface area contributed by atoms with Crippen molar-refractivity contribution in [2.45, 2.75) is 42.5 Å². The number of aromatic nitrogens is 1. The lowest BCUT2D eigenvalue weighted by molar-refractivity contribution is -0.170. The fourth-order valence-electron chi connectivity index (χ4n) is 5.34. The van der Waals surface area contributed by atoms with Crippen molar-refractivity contribution in [3.05, 3.63) is 81.4 Å². The Balaban J connectivity index is 0.000000496. The minimum absolute atomic E-state index is 0.0277. The van der Waals surface area contributed by atoms with E-state index in [1.54, 1.807) is 49.5 Å². The molecule has 0 saturated heterocycles. The Morgan fingerprint density at radius 2 is 1.68 bits per heavy atom. The van der Waals surface area contributed by atoms with Crippen LogP contribution in [0.15, 0.2) is 70.8 Å². The molecule has 0 bridgehead atoms. The lowest BCUT2D eigenvalue weighted by Crippen LogP contribution is -2.48. The van der Waals surface area contributed by atoms with Gasteiger partial charge in [-0.25, -0.2) is 4.79 Å². The van der Waals surface area contributed by atoms with Crippen LogP contribution in [0.25, 0.3) is 10.9 Å². The number of amides is 1. The zero-order valence-electron chi connectivity index (χ0n) is 28.3. The first-order valence-electron chi connectivity index (χ1n) is 15.8. The van der Waals surface area contributed by atoms with Crippen molar-refractivity contribution in [3.63, 3.8) is 0 Å². The molecule has 53 heavy (non-hydrogen) atoms. The van der Waals surface area contributed by atoms with E-state index in [1.807, 2.05) is 24.1 Å². The van der Waals surface area contributed by atoms with Crippen molar-refractivity contribution in [1.29, 1.82) is 0 Å². The van der Waals surface area contributed by atoms with Crippen molar-refractivity contribution in [2.75, 3.05) is 44.3 Å². The number of hydrogen-bond donors (Lipinski definition) is 6. The minimum atomic E-state index is -4.64. The van der Waals surface area contributed by atoms with E-state index >= 15 is 0 Å². The molecule has 0 radical (unpaired) electrons. The van der Waals surface area contributed by atoms with Crippen LogP contribution in [0.4, 0.5) is 18.9 Å². The first kappa shape index (κ1) is 43.5. The summed E-state index contributed by atoms with van der Waals surface area (Å²) in [6.07, 6.45) is -4.16. The van der Waals surface area contributed by atoms with Crippen LogP contribution in [0.1, 0.15) is 25.3 Å². The van der Waals surface area contributed by atoms with Gasteiger partial charge in [0.25, 0.3) is 5.91 Å². The number of nitrogens with one attached hydrogen (secondary N) is 1. The molecule has 288 valence electrons. The number of carboxylic acid groups (broad SMARTS) is 3. The van der Waals surface area contributed by atoms with E-state index in [9.17, 15) is 37.5 Å². The van der Waals surface area contributed by atoms with Gasteiger partial charge < -0.3 is 40.6 Å². The topological polar surface area (TPSA) is 201 Å². The molecule has 0 saturated carbocycles. The number of aliphatic carboxylic acids is 3. The van der Waals surface area contributed by atoms with E-state index in [0.717, 1.165) is 32.0 Å². The molecule has 0 spiro atoms. The molecule has 2 unspecified atom stereocenters. The number of fused-ring (bicyclic) bond motifs is 1. The van der Waals surface area contributed by atoms with Gasteiger partial charge in [0.15, 0.2) is 11.3 Å². The van der Waals surface area contributed by atoms with Crippen LogP contribution in [-0.4, -0.2) is 120 Å². The number of alkyl halides is 3. The smallest absolute Gasteiger partial charge is 0.404 e. The Morgan fingerprint density at radius 1 is 1.06 bits per heavy atom. The third-order valence-corrected chi connectivity index (χ3v) is 9.90. The second kappa shape index (κ2) is 18.4. The van der Waals surface area contributed by atoms with Crippen LogP contribution in [0.5, 0.6) is 0 Å². The summed E-state index contributed by atoms with van der Waals surface area (Å²) < 4.78 is 42.5. The maximum atomic E-state index is 13.9. The molecule has 3 aromatic rings. The Bertz CT molecular complexity index is 1820. The van der Waals surface area contributed by atoms with Crippen LogP contribution in [0, 0.1) is 0 Å². The van der Waals surface area contributed by atoms with Crippen molar-refractivity contribution in [3.8, 4) is 0 Å². The molecular formula is C34H37BrClF3N4O9S. The summed E-state index contributed by atoms with van der Waals surface area (Å²) in [6.45, 7) is 3.11. The number of carbonyl (C=O) groups excluding carboxylic acids is 1. The van der Waals surface area contributed by atoms with E-state index in [-0.39, 0.29) is 12.3 Å². The van der Waals surface area contributed by atoms with Gasteiger partial charge in [0.2, 0.25) is 0 Å². The number of carbonyl (C=O) groups is 4. The van der Waals surface area contributed by atoms with E-state index in [2.05, 4.69) is 26.2 Å². The van der Waals surface area contributed by atoms with Crippen LogP contribution in [0.2, 0.25) is 5.02 Å². The molecule has 13 nitrogen and oxygen atoms in total. The normalized spacial score (nSPS) is 16.6. The summed E-state index contributed by atoms with van der Waals surface area (Å²) in [4.78, 5) is 51.3. The molecular weight excluding hydrogens is 813 g/mol. The summed E-state index contributed by atoms with van der Waals surface area (Å²) in [6, 6.07) is 13.9. The third kappa shape index (κ3) is 11.5. The Labute approximate surface area is 319 Å². The summed E-state index contributed by atoms with van der Waals surface area (Å²) in [5, 5.41) is 48.4. The molecule has 1 aliphatic heterocycles. The molecule has 2 aromatic carbocycles. The van der Waals surface area contributed by atoms with Gasteiger partial charge in [-0.2, -0.15) is 13.2 Å². The number of pyridine rings is 1. The fraction of sp³-hybridized carbons (Fsp3) is 0.382. The molecule has 0 fully saturated rings. The zero-order chi connectivity index (χ0) is 39.7. The highest BCUT2D eigenvalue weighted by Crippen LogP contribution is 2.44. The van der Waals surface area contributed by atoms with Gasteiger partial charge in [0.1, 0.15) is 5.25 Å². The highest BCUT2D eigenvalue weighted by Gasteiger charge is 2.53. The lowest BCUT2D eigenvalue weighted by Gasteiger charge is -2.35. The maximum Gasteiger partial charge on any atom is 0.404 e. The van der Waals surface area contributed by atoms with Crippen LogP contribution in [0.3, 0.4) is 0 Å². The molecule has 2 atom stereocenters.